The van der Waals surface area contributed by atoms with Gasteiger partial charge in [0.2, 0.25) is 0 Å². The second-order valence-electron chi connectivity index (χ2n) is 4.35. The van der Waals surface area contributed by atoms with Crippen molar-refractivity contribution in [2.24, 2.45) is 5.73 Å². The molecule has 1 heterocycles. The van der Waals surface area contributed by atoms with E-state index in [4.69, 9.17) is 22.7 Å². The number of aryl methyl sites for hydroxylation is 1. The topological polar surface area (TPSA) is 40.2 Å². The number of aromatic nitrogens is 1. The summed E-state index contributed by atoms with van der Waals surface area (Å²) in [7, 11) is 1.74. The molecule has 0 bridgehead atoms. The number of rotatable bonds is 6. The lowest BCUT2D eigenvalue weighted by molar-refractivity contribution is 0.191. The van der Waals surface area contributed by atoms with Crippen LogP contribution < -0.4 is 5.73 Å². The molecular formula is C14H18N2OS. The van der Waals surface area contributed by atoms with Gasteiger partial charge in [-0.25, -0.2) is 0 Å². The maximum atomic E-state index is 5.64. The summed E-state index contributed by atoms with van der Waals surface area (Å²) < 4.78 is 7.31. The molecule has 0 aliphatic rings. The monoisotopic (exact) mass is 262 g/mol. The Morgan fingerprint density at radius 3 is 2.89 bits per heavy atom. The van der Waals surface area contributed by atoms with Gasteiger partial charge in [-0.3, -0.25) is 0 Å². The predicted octanol–water partition coefficient (Wildman–Crippen LogP) is 2.70. The number of ether oxygens (including phenoxy) is 1. The van der Waals surface area contributed by atoms with E-state index in [2.05, 4.69) is 22.9 Å². The van der Waals surface area contributed by atoms with Crippen molar-refractivity contribution < 1.29 is 4.74 Å². The lowest BCUT2D eigenvalue weighted by Gasteiger charge is -2.06. The van der Waals surface area contributed by atoms with E-state index in [9.17, 15) is 0 Å². The van der Waals surface area contributed by atoms with Gasteiger partial charge in [-0.2, -0.15) is 0 Å². The van der Waals surface area contributed by atoms with Gasteiger partial charge in [0.1, 0.15) is 4.99 Å². The molecule has 0 atom stereocenters. The van der Waals surface area contributed by atoms with Crippen LogP contribution in [-0.4, -0.2) is 23.3 Å². The molecule has 2 aromatic rings. The molecule has 0 saturated heterocycles. The normalized spacial score (nSPS) is 10.9. The van der Waals surface area contributed by atoms with Gasteiger partial charge in [0.25, 0.3) is 0 Å². The minimum Gasteiger partial charge on any atom is -0.389 e. The zero-order chi connectivity index (χ0) is 13.0. The molecule has 96 valence electrons. The largest absolute Gasteiger partial charge is 0.389 e. The summed E-state index contributed by atoms with van der Waals surface area (Å²) in [6, 6.07) is 8.22. The van der Waals surface area contributed by atoms with E-state index in [-0.39, 0.29) is 0 Å². The number of fused-ring (bicyclic) bond motifs is 1. The maximum Gasteiger partial charge on any atom is 0.104 e. The molecule has 0 amide bonds. The Hall–Kier alpha value is -1.39. The highest BCUT2D eigenvalue weighted by atomic mass is 32.1. The molecule has 3 nitrogen and oxygen atoms in total. The fourth-order valence-corrected chi connectivity index (χ4v) is 2.20. The van der Waals surface area contributed by atoms with Crippen LogP contribution in [0.1, 0.15) is 18.4 Å². The highest BCUT2D eigenvalue weighted by molar-refractivity contribution is 7.80. The average molecular weight is 262 g/mol. The third-order valence-electron chi connectivity index (χ3n) is 3.05. The van der Waals surface area contributed by atoms with Gasteiger partial charge in [0.05, 0.1) is 0 Å². The second-order valence-corrected chi connectivity index (χ2v) is 4.79. The van der Waals surface area contributed by atoms with Crippen LogP contribution in [0.5, 0.6) is 0 Å². The van der Waals surface area contributed by atoms with E-state index in [0.717, 1.165) is 31.6 Å². The van der Waals surface area contributed by atoms with Crippen molar-refractivity contribution in [1.29, 1.82) is 0 Å². The Labute approximate surface area is 113 Å². The molecule has 18 heavy (non-hydrogen) atoms. The summed E-state index contributed by atoms with van der Waals surface area (Å²) in [5, 5.41) is 1.19. The zero-order valence-electron chi connectivity index (χ0n) is 10.6. The quantitative estimate of drug-likeness (QED) is 0.643. The molecule has 4 heteroatoms. The van der Waals surface area contributed by atoms with Crippen LogP contribution >= 0.6 is 12.2 Å². The number of hydrogen-bond donors (Lipinski definition) is 1. The summed E-state index contributed by atoms with van der Waals surface area (Å²) >= 11 is 4.99. The van der Waals surface area contributed by atoms with Crippen molar-refractivity contribution >= 4 is 28.1 Å². The molecule has 0 aliphatic heterocycles. The molecule has 0 aliphatic carbocycles. The maximum absolute atomic E-state index is 5.64. The Kier molecular flexibility index (Phi) is 4.33. The molecule has 0 radical (unpaired) electrons. The van der Waals surface area contributed by atoms with Crippen molar-refractivity contribution in [3.05, 3.63) is 36.0 Å². The summed E-state index contributed by atoms with van der Waals surface area (Å²) in [5.74, 6) is 0. The first-order valence-electron chi connectivity index (χ1n) is 6.10. The minimum atomic E-state index is 0.449. The van der Waals surface area contributed by atoms with Gasteiger partial charge >= 0.3 is 0 Å². The Morgan fingerprint density at radius 2 is 2.17 bits per heavy atom. The number of nitrogens with two attached hydrogens (primary N) is 1. The number of nitrogens with zero attached hydrogens (tertiary/aromatic N) is 1. The minimum absolute atomic E-state index is 0.449. The van der Waals surface area contributed by atoms with Crippen molar-refractivity contribution in [1.82, 2.24) is 4.57 Å². The summed E-state index contributed by atoms with van der Waals surface area (Å²) in [6.07, 6.45) is 4.32. The van der Waals surface area contributed by atoms with Gasteiger partial charge < -0.3 is 15.0 Å². The molecule has 0 fully saturated rings. The number of thiocarbonyl (C=S) groups is 1. The first-order chi connectivity index (χ1) is 8.72. The van der Waals surface area contributed by atoms with Crippen LogP contribution in [0.4, 0.5) is 0 Å². The summed E-state index contributed by atoms with van der Waals surface area (Å²) in [4.78, 5) is 0.449. The van der Waals surface area contributed by atoms with Gasteiger partial charge in [-0.15, -0.1) is 0 Å². The van der Waals surface area contributed by atoms with Gasteiger partial charge in [0.15, 0.2) is 0 Å². The van der Waals surface area contributed by atoms with E-state index in [1.54, 1.807) is 7.11 Å². The zero-order valence-corrected chi connectivity index (χ0v) is 11.4. The van der Waals surface area contributed by atoms with Gasteiger partial charge in [0, 0.05) is 42.9 Å². The van der Waals surface area contributed by atoms with Crippen molar-refractivity contribution in [2.75, 3.05) is 13.7 Å². The van der Waals surface area contributed by atoms with Crippen molar-refractivity contribution in [3.63, 3.8) is 0 Å². The molecular weight excluding hydrogens is 244 g/mol. The Balaban J connectivity index is 2.13. The number of unbranched alkanes of at least 4 members (excludes halogenated alkanes) is 1. The highest BCUT2D eigenvalue weighted by Crippen LogP contribution is 2.18. The lowest BCUT2D eigenvalue weighted by atomic mass is 10.1. The van der Waals surface area contributed by atoms with Crippen LogP contribution in [0.25, 0.3) is 10.9 Å². The standard InChI is InChI=1S/C14H18N2OS/c1-17-9-3-2-7-16-8-6-11-10-12(14(15)18)4-5-13(11)16/h4-6,8,10H,2-3,7,9H2,1H3,(H2,15,18). The first kappa shape index (κ1) is 13.1. The molecule has 0 unspecified atom stereocenters. The third kappa shape index (κ3) is 2.89. The van der Waals surface area contributed by atoms with Crippen LogP contribution in [-0.2, 0) is 11.3 Å². The Bertz CT molecular complexity index is 548. The van der Waals surface area contributed by atoms with Crippen molar-refractivity contribution in [3.8, 4) is 0 Å². The number of hydrogen-bond acceptors (Lipinski definition) is 2. The Morgan fingerprint density at radius 1 is 1.33 bits per heavy atom. The second kappa shape index (κ2) is 5.98. The van der Waals surface area contributed by atoms with E-state index >= 15 is 0 Å². The molecule has 1 aromatic carbocycles. The average Bonchev–Trinajstić information content (AvgIpc) is 2.77. The van der Waals surface area contributed by atoms with Crippen LogP contribution in [0.15, 0.2) is 30.5 Å². The number of methoxy groups -OCH3 is 1. The molecule has 0 spiro atoms. The van der Waals surface area contributed by atoms with E-state index in [1.165, 1.54) is 10.9 Å². The SMILES string of the molecule is COCCCCn1ccc2cc(C(N)=S)ccc21. The van der Waals surface area contributed by atoms with Crippen LogP contribution in [0.2, 0.25) is 0 Å². The summed E-state index contributed by atoms with van der Waals surface area (Å²) in [6.45, 7) is 1.84. The predicted molar refractivity (Wildman–Crippen MR) is 78.9 cm³/mol. The highest BCUT2D eigenvalue weighted by Gasteiger charge is 2.03. The molecule has 0 saturated carbocycles. The first-order valence-corrected chi connectivity index (χ1v) is 6.51. The summed E-state index contributed by atoms with van der Waals surface area (Å²) in [5.41, 5.74) is 7.79. The van der Waals surface area contributed by atoms with E-state index in [0.29, 0.717) is 4.99 Å². The van der Waals surface area contributed by atoms with Crippen molar-refractivity contribution in [2.45, 2.75) is 19.4 Å². The molecule has 1 aromatic heterocycles. The molecule has 2 rings (SSSR count). The van der Waals surface area contributed by atoms with Gasteiger partial charge in [-0.05, 0) is 37.1 Å². The smallest absolute Gasteiger partial charge is 0.104 e. The van der Waals surface area contributed by atoms with E-state index in [1.807, 2.05) is 12.1 Å². The van der Waals surface area contributed by atoms with Crippen LogP contribution in [0.3, 0.4) is 0 Å². The molecule has 2 N–H and O–H groups in total. The van der Waals surface area contributed by atoms with Gasteiger partial charge in [-0.1, -0.05) is 12.2 Å². The van der Waals surface area contributed by atoms with Crippen LogP contribution in [0, 0.1) is 0 Å². The fraction of sp³-hybridized carbons (Fsp3) is 0.357. The lowest BCUT2D eigenvalue weighted by Crippen LogP contribution is -2.08. The third-order valence-corrected chi connectivity index (χ3v) is 3.29. The number of benzene rings is 1. The van der Waals surface area contributed by atoms with E-state index < -0.39 is 0 Å². The fourth-order valence-electron chi connectivity index (χ4n) is 2.08.